The standard InChI is InChI=1S/C15H18BrN3O/c1-9(2)18-15(20)10(3)19-13-6-4-5-11-7-12(16)8-17-14(11)13/h4-10,19H,1-3H3,(H,18,20). The summed E-state index contributed by atoms with van der Waals surface area (Å²) < 4.78 is 0.938. The third-order valence-electron chi connectivity index (χ3n) is 2.87. The van der Waals surface area contributed by atoms with Crippen LogP contribution in [0, 0.1) is 0 Å². The zero-order chi connectivity index (χ0) is 14.7. The highest BCUT2D eigenvalue weighted by atomic mass is 79.9. The lowest BCUT2D eigenvalue weighted by atomic mass is 10.1. The Morgan fingerprint density at radius 2 is 2.05 bits per heavy atom. The molecule has 0 aliphatic rings. The van der Waals surface area contributed by atoms with Crippen LogP contribution in [0.2, 0.25) is 0 Å². The molecule has 20 heavy (non-hydrogen) atoms. The van der Waals surface area contributed by atoms with Crippen LogP contribution in [-0.4, -0.2) is 23.0 Å². The fourth-order valence-electron chi connectivity index (χ4n) is 1.96. The molecule has 0 saturated heterocycles. The minimum Gasteiger partial charge on any atom is -0.372 e. The van der Waals surface area contributed by atoms with E-state index in [1.807, 2.05) is 45.0 Å². The van der Waals surface area contributed by atoms with Crippen LogP contribution in [0.15, 0.2) is 34.9 Å². The Bertz CT molecular complexity index is 628. The largest absolute Gasteiger partial charge is 0.372 e. The van der Waals surface area contributed by atoms with Gasteiger partial charge in [-0.25, -0.2) is 0 Å². The molecule has 0 fully saturated rings. The molecule has 106 valence electrons. The molecule has 1 amide bonds. The minimum absolute atomic E-state index is 0.0193. The zero-order valence-corrected chi connectivity index (χ0v) is 13.4. The first-order valence-electron chi connectivity index (χ1n) is 6.58. The van der Waals surface area contributed by atoms with Crippen molar-refractivity contribution in [1.82, 2.24) is 10.3 Å². The Hall–Kier alpha value is -1.62. The zero-order valence-electron chi connectivity index (χ0n) is 11.8. The van der Waals surface area contributed by atoms with Gasteiger partial charge in [0, 0.05) is 22.1 Å². The van der Waals surface area contributed by atoms with Crippen LogP contribution in [-0.2, 0) is 4.79 Å². The lowest BCUT2D eigenvalue weighted by Crippen LogP contribution is -2.41. The Morgan fingerprint density at radius 3 is 2.75 bits per heavy atom. The SMILES string of the molecule is CC(C)NC(=O)C(C)Nc1cccc2cc(Br)cnc12. The average molecular weight is 336 g/mol. The van der Waals surface area contributed by atoms with Gasteiger partial charge in [0.25, 0.3) is 0 Å². The van der Waals surface area contributed by atoms with Crippen LogP contribution in [0.1, 0.15) is 20.8 Å². The van der Waals surface area contributed by atoms with E-state index < -0.39 is 0 Å². The van der Waals surface area contributed by atoms with Gasteiger partial charge in [0.2, 0.25) is 5.91 Å². The number of aromatic nitrogens is 1. The maximum absolute atomic E-state index is 11.9. The number of fused-ring (bicyclic) bond motifs is 1. The van der Waals surface area contributed by atoms with Crippen molar-refractivity contribution in [2.45, 2.75) is 32.9 Å². The van der Waals surface area contributed by atoms with Crippen LogP contribution in [0.3, 0.4) is 0 Å². The third kappa shape index (κ3) is 3.48. The molecule has 0 saturated carbocycles. The number of carbonyl (C=O) groups is 1. The second-order valence-electron chi connectivity index (χ2n) is 5.06. The van der Waals surface area contributed by atoms with Gasteiger partial charge in [0.05, 0.1) is 11.2 Å². The third-order valence-corrected chi connectivity index (χ3v) is 3.31. The first-order chi connectivity index (χ1) is 9.47. The number of amides is 1. The van der Waals surface area contributed by atoms with E-state index in [9.17, 15) is 4.79 Å². The van der Waals surface area contributed by atoms with Crippen LogP contribution >= 0.6 is 15.9 Å². The van der Waals surface area contributed by atoms with Gasteiger partial charge in [-0.3, -0.25) is 9.78 Å². The molecular weight excluding hydrogens is 318 g/mol. The molecule has 1 aromatic heterocycles. The Kier molecular flexibility index (Phi) is 4.60. The summed E-state index contributed by atoms with van der Waals surface area (Å²) in [5, 5.41) is 7.14. The number of rotatable bonds is 4. The predicted octanol–water partition coefficient (Wildman–Crippen LogP) is 3.32. The molecule has 1 atom stereocenters. The molecule has 1 aromatic carbocycles. The Labute approximate surface area is 127 Å². The van der Waals surface area contributed by atoms with Crippen molar-refractivity contribution >= 4 is 38.4 Å². The maximum Gasteiger partial charge on any atom is 0.242 e. The van der Waals surface area contributed by atoms with Crippen LogP contribution in [0.5, 0.6) is 0 Å². The lowest BCUT2D eigenvalue weighted by molar-refractivity contribution is -0.122. The quantitative estimate of drug-likeness (QED) is 0.901. The van der Waals surface area contributed by atoms with Gasteiger partial charge in [-0.1, -0.05) is 12.1 Å². The highest BCUT2D eigenvalue weighted by Crippen LogP contribution is 2.24. The van der Waals surface area contributed by atoms with Gasteiger partial charge < -0.3 is 10.6 Å². The normalized spacial score (nSPS) is 12.4. The first kappa shape index (κ1) is 14.8. The number of carbonyl (C=O) groups excluding carboxylic acids is 1. The van der Waals surface area contributed by atoms with E-state index in [0.29, 0.717) is 0 Å². The van der Waals surface area contributed by atoms with Crippen molar-refractivity contribution in [2.24, 2.45) is 0 Å². The summed E-state index contributed by atoms with van der Waals surface area (Å²) in [7, 11) is 0. The smallest absolute Gasteiger partial charge is 0.242 e. The molecule has 2 aromatic rings. The van der Waals surface area contributed by atoms with Gasteiger partial charge in [-0.05, 0) is 48.8 Å². The summed E-state index contributed by atoms with van der Waals surface area (Å²) >= 11 is 3.41. The van der Waals surface area contributed by atoms with Gasteiger partial charge >= 0.3 is 0 Å². The number of nitrogens with zero attached hydrogens (tertiary/aromatic N) is 1. The van der Waals surface area contributed by atoms with Gasteiger partial charge in [0.1, 0.15) is 6.04 Å². The summed E-state index contributed by atoms with van der Waals surface area (Å²) in [6.45, 7) is 5.73. The van der Waals surface area contributed by atoms with E-state index in [2.05, 4.69) is 31.5 Å². The van der Waals surface area contributed by atoms with Gasteiger partial charge in [0.15, 0.2) is 0 Å². The number of para-hydroxylation sites is 1. The van der Waals surface area contributed by atoms with Crippen molar-refractivity contribution in [1.29, 1.82) is 0 Å². The van der Waals surface area contributed by atoms with Crippen molar-refractivity contribution in [2.75, 3.05) is 5.32 Å². The van der Waals surface area contributed by atoms with Gasteiger partial charge in [-0.15, -0.1) is 0 Å². The van der Waals surface area contributed by atoms with Crippen molar-refractivity contribution in [3.8, 4) is 0 Å². The molecule has 0 bridgehead atoms. The average Bonchev–Trinajstić information content (AvgIpc) is 2.37. The van der Waals surface area contributed by atoms with Crippen LogP contribution < -0.4 is 10.6 Å². The highest BCUT2D eigenvalue weighted by Gasteiger charge is 2.14. The molecule has 1 heterocycles. The van der Waals surface area contributed by atoms with E-state index in [1.54, 1.807) is 6.20 Å². The summed E-state index contributed by atoms with van der Waals surface area (Å²) in [6.07, 6.45) is 1.76. The number of benzene rings is 1. The summed E-state index contributed by atoms with van der Waals surface area (Å²) in [5.74, 6) is -0.0193. The summed E-state index contributed by atoms with van der Waals surface area (Å²) in [6, 6.07) is 7.71. The Balaban J connectivity index is 2.23. The molecule has 2 rings (SSSR count). The topological polar surface area (TPSA) is 54.0 Å². The maximum atomic E-state index is 11.9. The predicted molar refractivity (Wildman–Crippen MR) is 85.8 cm³/mol. The second-order valence-corrected chi connectivity index (χ2v) is 5.98. The number of anilines is 1. The Morgan fingerprint density at radius 1 is 1.30 bits per heavy atom. The fraction of sp³-hybridized carbons (Fsp3) is 0.333. The van der Waals surface area contributed by atoms with Crippen molar-refractivity contribution < 1.29 is 4.79 Å². The molecule has 0 aliphatic carbocycles. The number of hydrogen-bond donors (Lipinski definition) is 2. The van der Waals surface area contributed by atoms with Crippen LogP contribution in [0.25, 0.3) is 10.9 Å². The van der Waals surface area contributed by atoms with E-state index in [-0.39, 0.29) is 18.0 Å². The van der Waals surface area contributed by atoms with Crippen molar-refractivity contribution in [3.05, 3.63) is 34.9 Å². The van der Waals surface area contributed by atoms with E-state index >= 15 is 0 Å². The van der Waals surface area contributed by atoms with E-state index in [1.165, 1.54) is 0 Å². The number of halogens is 1. The first-order valence-corrected chi connectivity index (χ1v) is 7.38. The molecule has 5 heteroatoms. The van der Waals surface area contributed by atoms with Crippen LogP contribution in [0.4, 0.5) is 5.69 Å². The second kappa shape index (κ2) is 6.22. The fourth-order valence-corrected chi connectivity index (χ4v) is 2.31. The number of pyridine rings is 1. The molecule has 1 unspecified atom stereocenters. The summed E-state index contributed by atoms with van der Waals surface area (Å²) in [4.78, 5) is 16.4. The highest BCUT2D eigenvalue weighted by molar-refractivity contribution is 9.10. The van der Waals surface area contributed by atoms with E-state index in [4.69, 9.17) is 0 Å². The number of nitrogens with one attached hydrogen (secondary N) is 2. The minimum atomic E-state index is -0.312. The molecular formula is C15H18BrN3O. The monoisotopic (exact) mass is 335 g/mol. The molecule has 0 radical (unpaired) electrons. The molecule has 2 N–H and O–H groups in total. The number of hydrogen-bond acceptors (Lipinski definition) is 3. The van der Waals surface area contributed by atoms with Gasteiger partial charge in [-0.2, -0.15) is 0 Å². The summed E-state index contributed by atoms with van der Waals surface area (Å²) in [5.41, 5.74) is 1.72. The van der Waals surface area contributed by atoms with Crippen molar-refractivity contribution in [3.63, 3.8) is 0 Å². The van der Waals surface area contributed by atoms with E-state index in [0.717, 1.165) is 21.1 Å². The lowest BCUT2D eigenvalue weighted by Gasteiger charge is -2.18. The molecule has 4 nitrogen and oxygen atoms in total. The molecule has 0 spiro atoms. The molecule has 0 aliphatic heterocycles.